The molecule has 0 amide bonds. The maximum absolute atomic E-state index is 3.66. The number of halogens is 1. The van der Waals surface area contributed by atoms with Crippen LogP contribution >= 0.6 is 15.9 Å². The average Bonchev–Trinajstić information content (AvgIpc) is 2.35. The van der Waals surface area contributed by atoms with Crippen LogP contribution in [0, 0.1) is 5.92 Å². The zero-order valence-electron chi connectivity index (χ0n) is 11.2. The Morgan fingerprint density at radius 1 is 1.12 bits per heavy atom. The fourth-order valence-corrected chi connectivity index (χ4v) is 2.84. The van der Waals surface area contributed by atoms with Crippen molar-refractivity contribution in [1.29, 1.82) is 0 Å². The Kier molecular flexibility index (Phi) is 6.83. The van der Waals surface area contributed by atoms with Gasteiger partial charge in [0.1, 0.15) is 0 Å². The Hall–Kier alpha value is -0.340. The highest BCUT2D eigenvalue weighted by Crippen LogP contribution is 2.29. The molecule has 0 aromatic heterocycles. The number of rotatable bonds is 7. The summed E-state index contributed by atoms with van der Waals surface area (Å²) < 4.78 is 1.22. The molecule has 0 aliphatic heterocycles. The van der Waals surface area contributed by atoms with Gasteiger partial charge in [0.25, 0.3) is 0 Å². The van der Waals surface area contributed by atoms with Gasteiger partial charge in [-0.3, -0.25) is 0 Å². The smallest absolute Gasteiger partial charge is 0.0333 e. The zero-order valence-corrected chi connectivity index (χ0v) is 12.8. The molecule has 0 fully saturated rings. The molecule has 17 heavy (non-hydrogen) atoms. The first-order valence-electron chi connectivity index (χ1n) is 6.70. The topological polar surface area (TPSA) is 12.0 Å². The van der Waals surface area contributed by atoms with Gasteiger partial charge in [-0.2, -0.15) is 0 Å². The quantitative estimate of drug-likeness (QED) is 0.753. The number of hydrogen-bond donors (Lipinski definition) is 1. The van der Waals surface area contributed by atoms with Crippen LogP contribution in [0.25, 0.3) is 0 Å². The lowest BCUT2D eigenvalue weighted by molar-refractivity contribution is 0.375. The standard InChI is InChI=1S/C15H24BrN/c1-4-12(5-2)11-15(17-6-3)13-9-7-8-10-14(13)16/h7-10,12,15,17H,4-6,11H2,1-3H3. The van der Waals surface area contributed by atoms with Crippen LogP contribution in [0.2, 0.25) is 0 Å². The predicted octanol–water partition coefficient (Wildman–Crippen LogP) is 4.93. The minimum absolute atomic E-state index is 0.473. The highest BCUT2D eigenvalue weighted by atomic mass is 79.9. The molecule has 0 aliphatic rings. The molecule has 1 atom stereocenters. The predicted molar refractivity (Wildman–Crippen MR) is 79.2 cm³/mol. The highest BCUT2D eigenvalue weighted by Gasteiger charge is 2.16. The molecule has 0 saturated carbocycles. The van der Waals surface area contributed by atoms with E-state index in [4.69, 9.17) is 0 Å². The molecule has 0 aliphatic carbocycles. The second-order valence-corrected chi connectivity index (χ2v) is 5.40. The van der Waals surface area contributed by atoms with Gasteiger partial charge in [-0.1, -0.05) is 67.7 Å². The van der Waals surface area contributed by atoms with Gasteiger partial charge in [-0.25, -0.2) is 0 Å². The highest BCUT2D eigenvalue weighted by molar-refractivity contribution is 9.10. The largest absolute Gasteiger partial charge is 0.310 e. The van der Waals surface area contributed by atoms with Crippen molar-refractivity contribution >= 4 is 15.9 Å². The zero-order chi connectivity index (χ0) is 12.7. The maximum atomic E-state index is 3.66. The van der Waals surface area contributed by atoms with Crippen molar-refractivity contribution in [2.24, 2.45) is 5.92 Å². The van der Waals surface area contributed by atoms with Crippen molar-refractivity contribution in [2.75, 3.05) is 6.54 Å². The van der Waals surface area contributed by atoms with Gasteiger partial charge in [0.2, 0.25) is 0 Å². The summed E-state index contributed by atoms with van der Waals surface area (Å²) in [5.74, 6) is 0.811. The summed E-state index contributed by atoms with van der Waals surface area (Å²) in [5.41, 5.74) is 1.39. The Labute approximate surface area is 114 Å². The van der Waals surface area contributed by atoms with Crippen molar-refractivity contribution in [3.8, 4) is 0 Å². The van der Waals surface area contributed by atoms with E-state index in [9.17, 15) is 0 Å². The molecule has 0 bridgehead atoms. The van der Waals surface area contributed by atoms with Crippen LogP contribution < -0.4 is 5.32 Å². The lowest BCUT2D eigenvalue weighted by Crippen LogP contribution is -2.23. The second kappa shape index (κ2) is 7.88. The Morgan fingerprint density at radius 3 is 2.29 bits per heavy atom. The van der Waals surface area contributed by atoms with Gasteiger partial charge in [0, 0.05) is 10.5 Å². The van der Waals surface area contributed by atoms with E-state index in [1.54, 1.807) is 0 Å². The number of hydrogen-bond acceptors (Lipinski definition) is 1. The molecule has 0 radical (unpaired) electrons. The maximum Gasteiger partial charge on any atom is 0.0333 e. The van der Waals surface area contributed by atoms with Crippen LogP contribution in [0.4, 0.5) is 0 Å². The van der Waals surface area contributed by atoms with Crippen LogP contribution in [-0.4, -0.2) is 6.54 Å². The molecular formula is C15H24BrN. The summed E-state index contributed by atoms with van der Waals surface area (Å²) in [6.45, 7) is 7.78. The van der Waals surface area contributed by atoms with Gasteiger partial charge in [0.05, 0.1) is 0 Å². The van der Waals surface area contributed by atoms with Crippen LogP contribution in [0.3, 0.4) is 0 Å². The van der Waals surface area contributed by atoms with Crippen LogP contribution in [-0.2, 0) is 0 Å². The second-order valence-electron chi connectivity index (χ2n) is 4.55. The van der Waals surface area contributed by atoms with Gasteiger partial charge >= 0.3 is 0 Å². The van der Waals surface area contributed by atoms with E-state index in [-0.39, 0.29) is 0 Å². The van der Waals surface area contributed by atoms with E-state index in [2.05, 4.69) is 66.3 Å². The summed E-state index contributed by atoms with van der Waals surface area (Å²) in [4.78, 5) is 0. The van der Waals surface area contributed by atoms with E-state index in [0.717, 1.165) is 12.5 Å². The molecule has 2 heteroatoms. The third-order valence-electron chi connectivity index (χ3n) is 3.45. The Balaban J connectivity index is 2.81. The lowest BCUT2D eigenvalue weighted by atomic mass is 9.91. The van der Waals surface area contributed by atoms with Gasteiger partial charge in [-0.15, -0.1) is 0 Å². The first-order valence-corrected chi connectivity index (χ1v) is 7.49. The van der Waals surface area contributed by atoms with Crippen molar-refractivity contribution in [2.45, 2.75) is 46.1 Å². The van der Waals surface area contributed by atoms with Crippen molar-refractivity contribution in [1.82, 2.24) is 5.32 Å². The molecule has 1 nitrogen and oxygen atoms in total. The SMILES string of the molecule is CCNC(CC(CC)CC)c1ccccc1Br. The molecule has 1 unspecified atom stereocenters. The Morgan fingerprint density at radius 2 is 1.76 bits per heavy atom. The monoisotopic (exact) mass is 297 g/mol. The van der Waals surface area contributed by atoms with E-state index in [1.807, 2.05) is 0 Å². The van der Waals surface area contributed by atoms with E-state index < -0.39 is 0 Å². The number of benzene rings is 1. The van der Waals surface area contributed by atoms with Crippen LogP contribution in [0.5, 0.6) is 0 Å². The molecule has 1 aromatic rings. The van der Waals surface area contributed by atoms with E-state index >= 15 is 0 Å². The molecule has 96 valence electrons. The van der Waals surface area contributed by atoms with E-state index in [1.165, 1.54) is 29.3 Å². The summed E-state index contributed by atoms with van der Waals surface area (Å²) in [6, 6.07) is 9.03. The first-order chi connectivity index (χ1) is 8.22. The minimum atomic E-state index is 0.473. The third-order valence-corrected chi connectivity index (χ3v) is 4.18. The molecule has 0 saturated heterocycles. The van der Waals surface area contributed by atoms with E-state index in [0.29, 0.717) is 6.04 Å². The average molecular weight is 298 g/mol. The summed E-state index contributed by atoms with van der Waals surface area (Å²) in [7, 11) is 0. The first kappa shape index (κ1) is 14.7. The summed E-state index contributed by atoms with van der Waals surface area (Å²) >= 11 is 3.66. The van der Waals surface area contributed by atoms with Gasteiger partial charge < -0.3 is 5.32 Å². The van der Waals surface area contributed by atoms with Gasteiger partial charge in [0.15, 0.2) is 0 Å². The fraction of sp³-hybridized carbons (Fsp3) is 0.600. The molecular weight excluding hydrogens is 274 g/mol. The Bertz CT molecular complexity index is 320. The van der Waals surface area contributed by atoms with Gasteiger partial charge in [-0.05, 0) is 30.5 Å². The lowest BCUT2D eigenvalue weighted by Gasteiger charge is -2.24. The van der Waals surface area contributed by atoms with Crippen molar-refractivity contribution in [3.63, 3.8) is 0 Å². The molecule has 1 aromatic carbocycles. The third kappa shape index (κ3) is 4.44. The van der Waals surface area contributed by atoms with Crippen molar-refractivity contribution in [3.05, 3.63) is 34.3 Å². The normalized spacial score (nSPS) is 13.0. The number of nitrogens with one attached hydrogen (secondary N) is 1. The minimum Gasteiger partial charge on any atom is -0.310 e. The fourth-order valence-electron chi connectivity index (χ4n) is 2.28. The summed E-state index contributed by atoms with van der Waals surface area (Å²) in [5, 5.41) is 3.61. The molecule has 0 heterocycles. The van der Waals surface area contributed by atoms with Crippen LogP contribution in [0.1, 0.15) is 51.6 Å². The van der Waals surface area contributed by atoms with Crippen LogP contribution in [0.15, 0.2) is 28.7 Å². The van der Waals surface area contributed by atoms with Crippen molar-refractivity contribution < 1.29 is 0 Å². The summed E-state index contributed by atoms with van der Waals surface area (Å²) in [6.07, 6.45) is 3.76. The molecule has 0 spiro atoms. The molecule has 1 rings (SSSR count). The molecule has 1 N–H and O–H groups in total.